The van der Waals surface area contributed by atoms with E-state index in [1.54, 1.807) is 22.7 Å². The fourth-order valence-corrected chi connectivity index (χ4v) is 4.72. The molecule has 5 heteroatoms. The second-order valence-electron chi connectivity index (χ2n) is 5.27. The summed E-state index contributed by atoms with van der Waals surface area (Å²) in [5.74, 6) is 0.892. The minimum Gasteiger partial charge on any atom is -0.487 e. The lowest BCUT2D eigenvalue weighted by molar-refractivity contribution is 0.0615. The molecule has 0 spiro atoms. The van der Waals surface area contributed by atoms with Gasteiger partial charge in [-0.15, -0.1) is 22.7 Å². The summed E-state index contributed by atoms with van der Waals surface area (Å²) in [4.78, 5) is 4.63. The predicted molar refractivity (Wildman–Crippen MR) is 84.0 cm³/mol. The number of aryl methyl sites for hydroxylation is 1. The van der Waals surface area contributed by atoms with Crippen LogP contribution in [0.4, 0.5) is 0 Å². The van der Waals surface area contributed by atoms with Crippen LogP contribution >= 0.6 is 22.7 Å². The van der Waals surface area contributed by atoms with E-state index in [1.807, 2.05) is 6.92 Å². The van der Waals surface area contributed by atoms with E-state index in [2.05, 4.69) is 22.5 Å². The zero-order valence-electron chi connectivity index (χ0n) is 11.1. The summed E-state index contributed by atoms with van der Waals surface area (Å²) in [6, 6.07) is 4.17. The Balaban J connectivity index is 1.85. The predicted octanol–water partition coefficient (Wildman–Crippen LogP) is 4.11. The largest absolute Gasteiger partial charge is 0.487 e. The van der Waals surface area contributed by atoms with Crippen molar-refractivity contribution in [1.29, 1.82) is 0 Å². The Morgan fingerprint density at radius 1 is 1.40 bits per heavy atom. The lowest BCUT2D eigenvalue weighted by atomic mass is 10.2. The van der Waals surface area contributed by atoms with Crippen molar-refractivity contribution in [3.63, 3.8) is 0 Å². The zero-order chi connectivity index (χ0) is 13.7. The maximum absolute atomic E-state index is 9.96. The summed E-state index contributed by atoms with van der Waals surface area (Å²) < 4.78 is 8.47. The fourth-order valence-electron chi connectivity index (χ4n) is 2.89. The molecule has 104 valence electrons. The molecule has 20 heavy (non-hydrogen) atoms. The normalized spacial score (nSPS) is 22.9. The number of thiophene rings is 1. The first-order valence-corrected chi connectivity index (χ1v) is 8.54. The SMILES string of the molecule is Cc1nc2c(cc(O[C@H]3CCC[C@@H]3O)c3ccsc32)s1. The van der Waals surface area contributed by atoms with Crippen molar-refractivity contribution in [2.24, 2.45) is 0 Å². The van der Waals surface area contributed by atoms with Gasteiger partial charge in [-0.25, -0.2) is 4.98 Å². The van der Waals surface area contributed by atoms with Crippen LogP contribution in [-0.2, 0) is 0 Å². The molecule has 0 saturated heterocycles. The Hall–Kier alpha value is -1.17. The first-order chi connectivity index (χ1) is 9.72. The number of aliphatic hydroxyl groups is 1. The van der Waals surface area contributed by atoms with Gasteiger partial charge in [-0.05, 0) is 37.6 Å². The van der Waals surface area contributed by atoms with Gasteiger partial charge in [0.15, 0.2) is 0 Å². The highest BCUT2D eigenvalue weighted by molar-refractivity contribution is 7.21. The van der Waals surface area contributed by atoms with Crippen LogP contribution in [0, 0.1) is 6.92 Å². The van der Waals surface area contributed by atoms with Gasteiger partial charge in [0.05, 0.1) is 26.0 Å². The van der Waals surface area contributed by atoms with Gasteiger partial charge in [0.25, 0.3) is 0 Å². The molecular weight excluding hydrogens is 290 g/mol. The molecule has 0 unspecified atom stereocenters. The van der Waals surface area contributed by atoms with Gasteiger partial charge in [-0.3, -0.25) is 0 Å². The van der Waals surface area contributed by atoms with Gasteiger partial charge in [-0.1, -0.05) is 0 Å². The van der Waals surface area contributed by atoms with E-state index in [4.69, 9.17) is 4.74 Å². The fraction of sp³-hybridized carbons (Fsp3) is 0.400. The third-order valence-electron chi connectivity index (χ3n) is 3.86. The minimum absolute atomic E-state index is 0.0652. The number of benzene rings is 1. The minimum atomic E-state index is -0.331. The van der Waals surface area contributed by atoms with Crippen LogP contribution in [0.25, 0.3) is 20.3 Å². The van der Waals surface area contributed by atoms with Gasteiger partial charge in [0.1, 0.15) is 11.9 Å². The first-order valence-electron chi connectivity index (χ1n) is 6.84. The number of rotatable bonds is 2. The molecule has 1 fully saturated rings. The van der Waals surface area contributed by atoms with Crippen LogP contribution in [0.3, 0.4) is 0 Å². The molecular formula is C15H15NO2S2. The number of thiazole rings is 1. The van der Waals surface area contributed by atoms with E-state index in [0.717, 1.165) is 40.9 Å². The van der Waals surface area contributed by atoms with Gasteiger partial charge in [-0.2, -0.15) is 0 Å². The van der Waals surface area contributed by atoms with Crippen molar-refractivity contribution in [1.82, 2.24) is 4.98 Å². The lowest BCUT2D eigenvalue weighted by Gasteiger charge is -2.17. The molecule has 1 N–H and O–H groups in total. The highest BCUT2D eigenvalue weighted by Crippen LogP contribution is 2.40. The Morgan fingerprint density at radius 3 is 3.10 bits per heavy atom. The molecule has 0 amide bonds. The van der Waals surface area contributed by atoms with Crippen LogP contribution in [0.2, 0.25) is 0 Å². The molecule has 2 atom stereocenters. The number of ether oxygens (including phenoxy) is 1. The molecule has 1 saturated carbocycles. The van der Waals surface area contributed by atoms with Crippen molar-refractivity contribution in [3.8, 4) is 5.75 Å². The van der Waals surface area contributed by atoms with Crippen molar-refractivity contribution in [3.05, 3.63) is 22.5 Å². The van der Waals surface area contributed by atoms with Crippen molar-refractivity contribution < 1.29 is 9.84 Å². The van der Waals surface area contributed by atoms with Gasteiger partial charge in [0, 0.05) is 11.5 Å². The van der Waals surface area contributed by atoms with Crippen molar-refractivity contribution in [2.75, 3.05) is 0 Å². The van der Waals surface area contributed by atoms with E-state index in [9.17, 15) is 5.11 Å². The highest BCUT2D eigenvalue weighted by atomic mass is 32.1. The maximum atomic E-state index is 9.96. The quantitative estimate of drug-likeness (QED) is 0.774. The van der Waals surface area contributed by atoms with Crippen LogP contribution in [-0.4, -0.2) is 22.3 Å². The van der Waals surface area contributed by atoms with Gasteiger partial charge in [0.2, 0.25) is 0 Å². The van der Waals surface area contributed by atoms with E-state index < -0.39 is 0 Å². The molecule has 0 aliphatic heterocycles. The van der Waals surface area contributed by atoms with Gasteiger partial charge >= 0.3 is 0 Å². The van der Waals surface area contributed by atoms with Crippen molar-refractivity contribution >= 4 is 43.0 Å². The molecule has 1 aliphatic carbocycles. The van der Waals surface area contributed by atoms with Gasteiger partial charge < -0.3 is 9.84 Å². The third kappa shape index (κ3) is 1.92. The van der Waals surface area contributed by atoms with E-state index in [0.29, 0.717) is 0 Å². The van der Waals surface area contributed by atoms with Crippen LogP contribution < -0.4 is 4.74 Å². The second-order valence-corrected chi connectivity index (χ2v) is 7.42. The average Bonchev–Trinajstić information content (AvgIpc) is 3.09. The third-order valence-corrected chi connectivity index (χ3v) is 5.70. The van der Waals surface area contributed by atoms with E-state index >= 15 is 0 Å². The number of hydrogen-bond donors (Lipinski definition) is 1. The topological polar surface area (TPSA) is 42.4 Å². The Bertz CT molecular complexity index is 777. The Kier molecular flexibility index (Phi) is 2.94. The average molecular weight is 305 g/mol. The first kappa shape index (κ1) is 12.6. The second kappa shape index (κ2) is 4.69. The van der Waals surface area contributed by atoms with Crippen LogP contribution in [0.15, 0.2) is 17.5 Å². The summed E-state index contributed by atoms with van der Waals surface area (Å²) in [5, 5.41) is 14.2. The monoisotopic (exact) mass is 305 g/mol. The Labute approximate surface area is 124 Å². The number of fused-ring (bicyclic) bond motifs is 3. The molecule has 3 nitrogen and oxygen atoms in total. The highest BCUT2D eigenvalue weighted by Gasteiger charge is 2.27. The number of nitrogens with zero attached hydrogens (tertiary/aromatic N) is 1. The maximum Gasteiger partial charge on any atom is 0.130 e. The van der Waals surface area contributed by atoms with E-state index in [1.165, 1.54) is 9.40 Å². The number of aliphatic hydroxyl groups excluding tert-OH is 1. The smallest absolute Gasteiger partial charge is 0.130 e. The molecule has 0 bridgehead atoms. The molecule has 1 aliphatic rings. The summed E-state index contributed by atoms with van der Waals surface area (Å²) in [6.07, 6.45) is 2.43. The summed E-state index contributed by atoms with van der Waals surface area (Å²) >= 11 is 3.40. The molecule has 2 heterocycles. The zero-order valence-corrected chi connectivity index (χ0v) is 12.8. The molecule has 1 aromatic carbocycles. The number of aromatic nitrogens is 1. The summed E-state index contributed by atoms with van der Waals surface area (Å²) in [5.41, 5.74) is 1.08. The standard InChI is InChI=1S/C15H15NO2S2/c1-8-16-14-13(20-8)7-12(9-5-6-19-15(9)14)18-11-4-2-3-10(11)17/h5-7,10-11,17H,2-4H2,1H3/t10-,11-/m0/s1. The molecule has 4 rings (SSSR count). The Morgan fingerprint density at radius 2 is 2.30 bits per heavy atom. The van der Waals surface area contributed by atoms with Crippen LogP contribution in [0.5, 0.6) is 5.75 Å². The molecule has 2 aromatic heterocycles. The number of hydrogen-bond acceptors (Lipinski definition) is 5. The van der Waals surface area contributed by atoms with E-state index in [-0.39, 0.29) is 12.2 Å². The summed E-state index contributed by atoms with van der Waals surface area (Å²) in [7, 11) is 0. The molecule has 0 radical (unpaired) electrons. The molecule has 3 aromatic rings. The summed E-state index contributed by atoms with van der Waals surface area (Å²) in [6.45, 7) is 2.03. The van der Waals surface area contributed by atoms with Crippen molar-refractivity contribution in [2.45, 2.75) is 38.4 Å². The lowest BCUT2D eigenvalue weighted by Crippen LogP contribution is -2.25. The van der Waals surface area contributed by atoms with Crippen LogP contribution in [0.1, 0.15) is 24.3 Å².